The molecule has 1 atom stereocenters. The van der Waals surface area contributed by atoms with Crippen molar-refractivity contribution in [3.63, 3.8) is 0 Å². The summed E-state index contributed by atoms with van der Waals surface area (Å²) in [5.74, 6) is -1.73. The van der Waals surface area contributed by atoms with Crippen molar-refractivity contribution in [3.8, 4) is 0 Å². The number of amides is 1. The topological polar surface area (TPSA) is 74.7 Å². The first kappa shape index (κ1) is 17.9. The molecule has 0 aliphatic rings. The van der Waals surface area contributed by atoms with Crippen LogP contribution in [0, 0.1) is 5.92 Å². The number of anilines is 1. The molecule has 0 aliphatic carbocycles. The molecule has 0 bridgehead atoms. The fourth-order valence-electron chi connectivity index (χ4n) is 2.04. The molecule has 22 heavy (non-hydrogen) atoms. The van der Waals surface area contributed by atoms with Crippen LogP contribution in [-0.2, 0) is 9.59 Å². The Kier molecular flexibility index (Phi) is 6.76. The number of carboxylic acids is 1. The van der Waals surface area contributed by atoms with Gasteiger partial charge in [-0.05, 0) is 37.6 Å². The van der Waals surface area contributed by atoms with Crippen LogP contribution in [0.3, 0.4) is 0 Å². The second-order valence-electron chi connectivity index (χ2n) is 5.45. The molecular weight excluding hydrogens is 282 g/mol. The van der Waals surface area contributed by atoms with Gasteiger partial charge in [-0.1, -0.05) is 20.3 Å². The van der Waals surface area contributed by atoms with Crippen molar-refractivity contribution < 1.29 is 19.5 Å². The number of rotatable bonds is 8. The van der Waals surface area contributed by atoms with Gasteiger partial charge in [-0.15, -0.1) is 0 Å². The van der Waals surface area contributed by atoms with Crippen molar-refractivity contribution in [1.29, 1.82) is 0 Å². The third-order valence-electron chi connectivity index (χ3n) is 3.51. The lowest BCUT2D eigenvalue weighted by molar-refractivity contribution is -0.140. The summed E-state index contributed by atoms with van der Waals surface area (Å²) in [6, 6.07) is 6.69. The first-order valence-corrected chi connectivity index (χ1v) is 7.51. The molecule has 1 aromatic rings. The lowest BCUT2D eigenvalue weighted by Gasteiger charge is -2.25. The Labute approximate surface area is 130 Å². The molecule has 5 heteroatoms. The minimum atomic E-state index is -0.936. The Morgan fingerprint density at radius 2 is 1.77 bits per heavy atom. The van der Waals surface area contributed by atoms with Gasteiger partial charge in [0.15, 0.2) is 5.78 Å². The molecule has 120 valence electrons. The summed E-state index contributed by atoms with van der Waals surface area (Å²) < 4.78 is 0. The zero-order valence-electron chi connectivity index (χ0n) is 13.3. The predicted octanol–water partition coefficient (Wildman–Crippen LogP) is 3.13. The van der Waals surface area contributed by atoms with Crippen LogP contribution in [-0.4, -0.2) is 29.3 Å². The number of ketones is 1. The lowest BCUT2D eigenvalue weighted by Crippen LogP contribution is -2.36. The molecule has 0 heterocycles. The van der Waals surface area contributed by atoms with Crippen molar-refractivity contribution in [3.05, 3.63) is 29.8 Å². The van der Waals surface area contributed by atoms with E-state index in [1.54, 1.807) is 31.2 Å². The zero-order chi connectivity index (χ0) is 16.7. The zero-order valence-corrected chi connectivity index (χ0v) is 13.3. The quantitative estimate of drug-likeness (QED) is 0.749. The average Bonchev–Trinajstić information content (AvgIpc) is 2.49. The number of nitrogens with zero attached hydrogens (tertiary/aromatic N) is 1. The first-order valence-electron chi connectivity index (χ1n) is 7.51. The summed E-state index contributed by atoms with van der Waals surface area (Å²) in [5.41, 5.74) is 1.19. The minimum absolute atomic E-state index is 0.0469. The number of hydrogen-bond donors (Lipinski definition) is 1. The highest BCUT2D eigenvalue weighted by molar-refractivity contribution is 5.96. The Hall–Kier alpha value is -2.17. The van der Waals surface area contributed by atoms with E-state index in [0.29, 0.717) is 17.7 Å². The molecule has 1 rings (SSSR count). The minimum Gasteiger partial charge on any atom is -0.481 e. The first-order chi connectivity index (χ1) is 10.4. The number of carbonyl (C=O) groups is 3. The Morgan fingerprint density at radius 3 is 2.23 bits per heavy atom. The standard InChI is InChI=1S/C17H23NO4/c1-4-5-6-16(20)18(11-12(2)17(21)22)15-9-7-14(8-10-15)13(3)19/h7-10,12H,4-6,11H2,1-3H3,(H,21,22). The monoisotopic (exact) mass is 305 g/mol. The second kappa shape index (κ2) is 8.32. The van der Waals surface area contributed by atoms with Crippen molar-refractivity contribution in [2.45, 2.75) is 40.0 Å². The summed E-state index contributed by atoms with van der Waals surface area (Å²) in [6.45, 7) is 5.18. The van der Waals surface area contributed by atoms with Crippen molar-refractivity contribution in [2.24, 2.45) is 5.92 Å². The van der Waals surface area contributed by atoms with Gasteiger partial charge in [0.1, 0.15) is 0 Å². The van der Waals surface area contributed by atoms with Crippen LogP contribution in [0.5, 0.6) is 0 Å². The van der Waals surface area contributed by atoms with Crippen molar-refractivity contribution >= 4 is 23.3 Å². The van der Waals surface area contributed by atoms with E-state index in [4.69, 9.17) is 5.11 Å². The normalized spacial score (nSPS) is 11.8. The Balaban J connectivity index is 2.99. The Bertz CT molecular complexity index is 536. The molecule has 0 aliphatic heterocycles. The van der Waals surface area contributed by atoms with E-state index in [-0.39, 0.29) is 18.2 Å². The molecule has 0 saturated heterocycles. The Morgan fingerprint density at radius 1 is 1.18 bits per heavy atom. The summed E-state index contributed by atoms with van der Waals surface area (Å²) >= 11 is 0. The van der Waals surface area contributed by atoms with E-state index < -0.39 is 11.9 Å². The van der Waals surface area contributed by atoms with Crippen LogP contribution in [0.25, 0.3) is 0 Å². The number of unbranched alkanes of at least 4 members (excludes halogenated alkanes) is 1. The molecule has 1 unspecified atom stereocenters. The van der Waals surface area contributed by atoms with Crippen LogP contribution in [0.2, 0.25) is 0 Å². The van der Waals surface area contributed by atoms with Gasteiger partial charge in [0.25, 0.3) is 0 Å². The summed E-state index contributed by atoms with van der Waals surface area (Å²) in [6.07, 6.45) is 2.05. The maximum absolute atomic E-state index is 12.3. The smallest absolute Gasteiger partial charge is 0.308 e. The number of aliphatic carboxylic acids is 1. The van der Waals surface area contributed by atoms with Crippen LogP contribution in [0.1, 0.15) is 50.4 Å². The number of Topliss-reactive ketones (excluding diaryl/α,β-unsaturated/α-hetero) is 1. The molecule has 0 radical (unpaired) electrons. The summed E-state index contributed by atoms with van der Waals surface area (Å²) in [7, 11) is 0. The SMILES string of the molecule is CCCCC(=O)N(CC(C)C(=O)O)c1ccc(C(C)=O)cc1. The molecular formula is C17H23NO4. The van der Waals surface area contributed by atoms with Crippen LogP contribution in [0.15, 0.2) is 24.3 Å². The van der Waals surface area contributed by atoms with Gasteiger partial charge in [0.05, 0.1) is 5.92 Å². The maximum atomic E-state index is 12.3. The van der Waals surface area contributed by atoms with Crippen LogP contribution >= 0.6 is 0 Å². The van der Waals surface area contributed by atoms with Crippen molar-refractivity contribution in [1.82, 2.24) is 0 Å². The second-order valence-corrected chi connectivity index (χ2v) is 5.45. The highest BCUT2D eigenvalue weighted by Crippen LogP contribution is 2.19. The molecule has 0 saturated carbocycles. The van der Waals surface area contributed by atoms with E-state index in [2.05, 4.69) is 0 Å². The lowest BCUT2D eigenvalue weighted by atomic mass is 10.1. The average molecular weight is 305 g/mol. The molecule has 0 aromatic heterocycles. The van der Waals surface area contributed by atoms with Gasteiger partial charge in [0.2, 0.25) is 5.91 Å². The fourth-order valence-corrected chi connectivity index (χ4v) is 2.04. The molecule has 0 spiro atoms. The van der Waals surface area contributed by atoms with Gasteiger partial charge >= 0.3 is 5.97 Å². The van der Waals surface area contributed by atoms with Crippen LogP contribution < -0.4 is 4.90 Å². The molecule has 1 aromatic carbocycles. The fraction of sp³-hybridized carbons (Fsp3) is 0.471. The largest absolute Gasteiger partial charge is 0.481 e. The van der Waals surface area contributed by atoms with Gasteiger partial charge in [-0.25, -0.2) is 0 Å². The molecule has 0 fully saturated rings. The molecule has 5 nitrogen and oxygen atoms in total. The van der Waals surface area contributed by atoms with Crippen molar-refractivity contribution in [2.75, 3.05) is 11.4 Å². The van der Waals surface area contributed by atoms with E-state index in [1.807, 2.05) is 6.92 Å². The predicted molar refractivity (Wildman–Crippen MR) is 85.1 cm³/mol. The van der Waals surface area contributed by atoms with Crippen LogP contribution in [0.4, 0.5) is 5.69 Å². The summed E-state index contributed by atoms with van der Waals surface area (Å²) in [5, 5.41) is 9.07. The number of carboxylic acid groups (broad SMARTS) is 1. The van der Waals surface area contributed by atoms with E-state index in [1.165, 1.54) is 11.8 Å². The maximum Gasteiger partial charge on any atom is 0.308 e. The van der Waals surface area contributed by atoms with Gasteiger partial charge in [-0.2, -0.15) is 0 Å². The highest BCUT2D eigenvalue weighted by atomic mass is 16.4. The number of hydrogen-bond acceptors (Lipinski definition) is 3. The third kappa shape index (κ3) is 4.98. The number of benzene rings is 1. The summed E-state index contributed by atoms with van der Waals surface area (Å²) in [4.78, 5) is 36.2. The molecule has 1 N–H and O–H groups in total. The molecule has 1 amide bonds. The van der Waals surface area contributed by atoms with E-state index in [0.717, 1.165) is 12.8 Å². The van der Waals surface area contributed by atoms with Gasteiger partial charge < -0.3 is 10.0 Å². The van der Waals surface area contributed by atoms with Gasteiger partial charge in [0, 0.05) is 24.2 Å². The number of carbonyl (C=O) groups excluding carboxylic acids is 2. The van der Waals surface area contributed by atoms with E-state index in [9.17, 15) is 14.4 Å². The highest BCUT2D eigenvalue weighted by Gasteiger charge is 2.21. The third-order valence-corrected chi connectivity index (χ3v) is 3.51. The van der Waals surface area contributed by atoms with E-state index >= 15 is 0 Å². The van der Waals surface area contributed by atoms with Gasteiger partial charge in [-0.3, -0.25) is 14.4 Å².